The quantitative estimate of drug-likeness (QED) is 0.584. The highest BCUT2D eigenvalue weighted by Crippen LogP contribution is 2.27. The Morgan fingerprint density at radius 3 is 2.63 bits per heavy atom. The molecule has 0 fully saturated rings. The van der Waals surface area contributed by atoms with Crippen molar-refractivity contribution < 1.29 is 4.79 Å². The van der Waals surface area contributed by atoms with Crippen LogP contribution in [0.3, 0.4) is 0 Å². The summed E-state index contributed by atoms with van der Waals surface area (Å²) in [5.74, 6) is 0.938. The van der Waals surface area contributed by atoms with E-state index in [2.05, 4.69) is 15.5 Å². The summed E-state index contributed by atoms with van der Waals surface area (Å²) in [6, 6.07) is 13.4. The molecule has 0 aliphatic heterocycles. The summed E-state index contributed by atoms with van der Waals surface area (Å²) in [5, 5.41) is 12.7. The number of nitrogens with one attached hydrogen (secondary N) is 1. The lowest BCUT2D eigenvalue weighted by Gasteiger charge is -2.09. The Balaban J connectivity index is 1.74. The van der Waals surface area contributed by atoms with E-state index in [1.807, 2.05) is 67.8 Å². The van der Waals surface area contributed by atoms with Crippen LogP contribution < -0.4 is 5.32 Å². The highest BCUT2D eigenvalue weighted by Gasteiger charge is 2.15. The molecule has 0 aliphatic rings. The van der Waals surface area contributed by atoms with Gasteiger partial charge in [-0.25, -0.2) is 0 Å². The van der Waals surface area contributed by atoms with Crippen molar-refractivity contribution in [2.75, 3.05) is 5.32 Å². The van der Waals surface area contributed by atoms with Gasteiger partial charge in [0.1, 0.15) is 0 Å². The first-order chi connectivity index (χ1) is 13.0. The molecule has 0 radical (unpaired) electrons. The van der Waals surface area contributed by atoms with E-state index in [0.717, 1.165) is 26.9 Å². The van der Waals surface area contributed by atoms with Crippen molar-refractivity contribution in [2.45, 2.75) is 38.2 Å². The van der Waals surface area contributed by atoms with Crippen molar-refractivity contribution in [3.05, 3.63) is 69.7 Å². The first-order valence-corrected chi connectivity index (χ1v) is 10.0. The molecule has 7 heteroatoms. The van der Waals surface area contributed by atoms with E-state index >= 15 is 0 Å². The van der Waals surface area contributed by atoms with Gasteiger partial charge in [-0.3, -0.25) is 14.7 Å². The summed E-state index contributed by atoms with van der Waals surface area (Å²) < 4.78 is 1.89. The third-order valence-corrected chi connectivity index (χ3v) is 5.73. The number of hydrogen-bond acceptors (Lipinski definition) is 4. The number of aryl methyl sites for hydroxylation is 2. The fourth-order valence-corrected chi connectivity index (χ4v) is 3.88. The summed E-state index contributed by atoms with van der Waals surface area (Å²) in [7, 11) is 0. The standard InChI is InChI=1S/C20H21ClN4OS/c1-4-25-19(22-18(26)15-10-9-13(2)14(3)11-15)23-24-20(25)27-12-16-7-5-6-8-17(16)21/h5-11H,4,12H2,1-3H3,(H,22,23,26). The van der Waals surface area contributed by atoms with Crippen LogP contribution in [0.2, 0.25) is 5.02 Å². The highest BCUT2D eigenvalue weighted by molar-refractivity contribution is 7.98. The second-order valence-electron chi connectivity index (χ2n) is 6.18. The number of halogens is 1. The normalized spacial score (nSPS) is 10.8. The van der Waals surface area contributed by atoms with Crippen molar-refractivity contribution in [1.82, 2.24) is 14.8 Å². The zero-order chi connectivity index (χ0) is 19.4. The van der Waals surface area contributed by atoms with Crippen LogP contribution in [0.4, 0.5) is 5.95 Å². The summed E-state index contributed by atoms with van der Waals surface area (Å²) >= 11 is 7.76. The average molecular weight is 401 g/mol. The summed E-state index contributed by atoms with van der Waals surface area (Å²) in [4.78, 5) is 12.6. The lowest BCUT2D eigenvalue weighted by atomic mass is 10.1. The zero-order valence-corrected chi connectivity index (χ0v) is 17.1. The van der Waals surface area contributed by atoms with E-state index in [0.29, 0.717) is 23.8 Å². The molecule has 3 aromatic rings. The van der Waals surface area contributed by atoms with Crippen LogP contribution in [0.1, 0.15) is 34.0 Å². The molecule has 1 N–H and O–H groups in total. The molecule has 1 heterocycles. The predicted molar refractivity (Wildman–Crippen MR) is 111 cm³/mol. The third kappa shape index (κ3) is 4.51. The molecule has 3 rings (SSSR count). The zero-order valence-electron chi connectivity index (χ0n) is 15.5. The molecule has 0 bridgehead atoms. The number of amides is 1. The van der Waals surface area contributed by atoms with Crippen LogP contribution in [0, 0.1) is 13.8 Å². The van der Waals surface area contributed by atoms with Gasteiger partial charge < -0.3 is 0 Å². The van der Waals surface area contributed by atoms with Gasteiger partial charge >= 0.3 is 0 Å². The molecular formula is C20H21ClN4OS. The monoisotopic (exact) mass is 400 g/mol. The van der Waals surface area contributed by atoms with Crippen molar-refractivity contribution in [2.24, 2.45) is 0 Å². The Bertz CT molecular complexity index is 970. The Morgan fingerprint density at radius 2 is 1.93 bits per heavy atom. The van der Waals surface area contributed by atoms with Gasteiger partial charge in [0.05, 0.1) is 0 Å². The number of aromatic nitrogens is 3. The Labute approximate surface area is 168 Å². The molecule has 0 unspecified atom stereocenters. The fraction of sp³-hybridized carbons (Fsp3) is 0.250. The maximum absolute atomic E-state index is 12.6. The van der Waals surface area contributed by atoms with Crippen LogP contribution in [-0.4, -0.2) is 20.7 Å². The lowest BCUT2D eigenvalue weighted by Crippen LogP contribution is -2.16. The minimum Gasteiger partial charge on any atom is -0.290 e. The second-order valence-corrected chi connectivity index (χ2v) is 7.53. The van der Waals surface area contributed by atoms with E-state index in [4.69, 9.17) is 11.6 Å². The van der Waals surface area contributed by atoms with Crippen LogP contribution >= 0.6 is 23.4 Å². The van der Waals surface area contributed by atoms with E-state index in [-0.39, 0.29) is 5.91 Å². The number of anilines is 1. The smallest absolute Gasteiger partial charge is 0.258 e. The molecule has 0 spiro atoms. The molecule has 1 aromatic heterocycles. The first-order valence-electron chi connectivity index (χ1n) is 8.67. The fourth-order valence-electron chi connectivity index (χ4n) is 2.59. The molecule has 0 saturated carbocycles. The van der Waals surface area contributed by atoms with Crippen LogP contribution in [0.15, 0.2) is 47.6 Å². The minimum atomic E-state index is -0.192. The van der Waals surface area contributed by atoms with Gasteiger partial charge in [-0.15, -0.1) is 10.2 Å². The molecule has 0 atom stereocenters. The van der Waals surface area contributed by atoms with E-state index < -0.39 is 0 Å². The van der Waals surface area contributed by atoms with Gasteiger partial charge in [-0.2, -0.15) is 0 Å². The van der Waals surface area contributed by atoms with Gasteiger partial charge in [-0.05, 0) is 55.7 Å². The lowest BCUT2D eigenvalue weighted by molar-refractivity contribution is 0.102. The Hall–Kier alpha value is -2.31. The number of nitrogens with zero attached hydrogens (tertiary/aromatic N) is 3. The Morgan fingerprint density at radius 1 is 1.15 bits per heavy atom. The SMILES string of the molecule is CCn1c(NC(=O)c2ccc(C)c(C)c2)nnc1SCc1ccccc1Cl. The van der Waals surface area contributed by atoms with Crippen LogP contribution in [0.25, 0.3) is 0 Å². The van der Waals surface area contributed by atoms with Gasteiger partial charge in [0, 0.05) is 22.9 Å². The molecular weight excluding hydrogens is 380 g/mol. The van der Waals surface area contributed by atoms with Gasteiger partial charge in [-0.1, -0.05) is 47.6 Å². The number of hydrogen-bond donors (Lipinski definition) is 1. The molecule has 1 amide bonds. The number of benzene rings is 2. The average Bonchev–Trinajstić information content (AvgIpc) is 3.04. The molecule has 140 valence electrons. The minimum absolute atomic E-state index is 0.192. The van der Waals surface area contributed by atoms with E-state index in [9.17, 15) is 4.79 Å². The highest BCUT2D eigenvalue weighted by atomic mass is 35.5. The third-order valence-electron chi connectivity index (χ3n) is 4.34. The van der Waals surface area contributed by atoms with Crippen molar-refractivity contribution in [3.8, 4) is 0 Å². The van der Waals surface area contributed by atoms with Gasteiger partial charge in [0.15, 0.2) is 5.16 Å². The van der Waals surface area contributed by atoms with Gasteiger partial charge in [0.2, 0.25) is 5.95 Å². The largest absolute Gasteiger partial charge is 0.290 e. The summed E-state index contributed by atoms with van der Waals surface area (Å²) in [6.07, 6.45) is 0. The Kier molecular flexibility index (Phi) is 6.19. The van der Waals surface area contributed by atoms with Crippen molar-refractivity contribution in [3.63, 3.8) is 0 Å². The molecule has 2 aromatic carbocycles. The topological polar surface area (TPSA) is 59.8 Å². The molecule has 0 saturated heterocycles. The maximum atomic E-state index is 12.6. The van der Waals surface area contributed by atoms with E-state index in [1.165, 1.54) is 0 Å². The molecule has 27 heavy (non-hydrogen) atoms. The summed E-state index contributed by atoms with van der Waals surface area (Å²) in [6.45, 7) is 6.66. The number of carbonyl (C=O) groups excluding carboxylic acids is 1. The van der Waals surface area contributed by atoms with Gasteiger partial charge in [0.25, 0.3) is 5.91 Å². The number of thioether (sulfide) groups is 1. The van der Waals surface area contributed by atoms with Crippen LogP contribution in [0.5, 0.6) is 0 Å². The van der Waals surface area contributed by atoms with Crippen molar-refractivity contribution in [1.29, 1.82) is 0 Å². The number of carbonyl (C=O) groups is 1. The first kappa shape index (κ1) is 19.5. The van der Waals surface area contributed by atoms with Crippen molar-refractivity contribution >= 4 is 35.2 Å². The number of rotatable bonds is 6. The summed E-state index contributed by atoms with van der Waals surface area (Å²) in [5.41, 5.74) is 3.88. The maximum Gasteiger partial charge on any atom is 0.258 e. The molecule has 0 aliphatic carbocycles. The van der Waals surface area contributed by atoms with Crippen LogP contribution in [-0.2, 0) is 12.3 Å². The van der Waals surface area contributed by atoms with E-state index in [1.54, 1.807) is 11.8 Å². The second kappa shape index (κ2) is 8.59. The molecule has 5 nitrogen and oxygen atoms in total. The predicted octanol–water partition coefficient (Wildman–Crippen LogP) is 5.11.